The van der Waals surface area contributed by atoms with Crippen LogP contribution in [-0.2, 0) is 0 Å². The van der Waals surface area contributed by atoms with Crippen molar-refractivity contribution in [2.24, 2.45) is 0 Å². The topological polar surface area (TPSA) is 27.0 Å². The number of hydrogen-bond donors (Lipinski definition) is 0. The van der Waals surface area contributed by atoms with Gasteiger partial charge in [-0.1, -0.05) is 0 Å². The van der Waals surface area contributed by atoms with Crippen molar-refractivity contribution in [2.75, 3.05) is 18.0 Å². The summed E-state index contributed by atoms with van der Waals surface area (Å²) >= 11 is 12.1. The van der Waals surface area contributed by atoms with Crippen molar-refractivity contribution in [1.82, 2.24) is 0 Å². The number of anilines is 1. The van der Waals surface area contributed by atoms with Gasteiger partial charge in [0.2, 0.25) is 0 Å². The van der Waals surface area contributed by atoms with E-state index in [1.165, 1.54) is 0 Å². The highest BCUT2D eigenvalue weighted by molar-refractivity contribution is 6.21. The van der Waals surface area contributed by atoms with Crippen molar-refractivity contribution in [3.63, 3.8) is 0 Å². The van der Waals surface area contributed by atoms with Crippen LogP contribution in [-0.4, -0.2) is 23.8 Å². The molecule has 1 aromatic rings. The molecule has 4 heteroatoms. The zero-order valence-corrected chi connectivity index (χ0v) is 11.5. The maximum atomic E-state index is 8.75. The molecule has 1 aromatic carbocycles. The number of rotatable bonds is 5. The molecule has 92 valence electrons. The Balaban J connectivity index is 2.84. The minimum atomic E-state index is 0.0565. The van der Waals surface area contributed by atoms with Crippen molar-refractivity contribution in [2.45, 2.75) is 24.6 Å². The lowest BCUT2D eigenvalue weighted by molar-refractivity contribution is 0.753. The van der Waals surface area contributed by atoms with Crippen LogP contribution >= 0.6 is 23.2 Å². The van der Waals surface area contributed by atoms with Crippen LogP contribution in [0, 0.1) is 11.3 Å². The molecular formula is C13H16Cl2N2. The van der Waals surface area contributed by atoms with Gasteiger partial charge in [-0.25, -0.2) is 0 Å². The second kappa shape index (κ2) is 6.74. The van der Waals surface area contributed by atoms with Gasteiger partial charge in [0.05, 0.1) is 11.6 Å². The summed E-state index contributed by atoms with van der Waals surface area (Å²) < 4.78 is 0. The quantitative estimate of drug-likeness (QED) is 0.765. The Morgan fingerprint density at radius 3 is 1.94 bits per heavy atom. The predicted molar refractivity (Wildman–Crippen MR) is 74.0 cm³/mol. The molecule has 0 N–H and O–H groups in total. The van der Waals surface area contributed by atoms with Crippen LogP contribution in [0.3, 0.4) is 0 Å². The molecule has 0 aliphatic heterocycles. The molecular weight excluding hydrogens is 255 g/mol. The molecule has 0 aliphatic carbocycles. The molecule has 0 fully saturated rings. The van der Waals surface area contributed by atoms with Crippen LogP contribution in [0.4, 0.5) is 5.69 Å². The number of benzene rings is 1. The molecule has 17 heavy (non-hydrogen) atoms. The monoisotopic (exact) mass is 270 g/mol. The van der Waals surface area contributed by atoms with Gasteiger partial charge in [-0.05, 0) is 38.1 Å². The van der Waals surface area contributed by atoms with Crippen LogP contribution < -0.4 is 4.90 Å². The first kappa shape index (κ1) is 14.2. The van der Waals surface area contributed by atoms with Crippen LogP contribution in [0.2, 0.25) is 0 Å². The zero-order chi connectivity index (χ0) is 12.8. The van der Waals surface area contributed by atoms with Crippen molar-refractivity contribution < 1.29 is 0 Å². The fourth-order valence-corrected chi connectivity index (χ4v) is 1.97. The molecule has 0 amide bonds. The molecule has 2 atom stereocenters. The van der Waals surface area contributed by atoms with Gasteiger partial charge in [0, 0.05) is 29.5 Å². The molecule has 0 aliphatic rings. The van der Waals surface area contributed by atoms with Gasteiger partial charge in [-0.15, -0.1) is 23.2 Å². The van der Waals surface area contributed by atoms with E-state index in [1.54, 1.807) is 12.1 Å². The van der Waals surface area contributed by atoms with E-state index in [2.05, 4.69) is 11.0 Å². The van der Waals surface area contributed by atoms with E-state index in [4.69, 9.17) is 28.5 Å². The Morgan fingerprint density at radius 1 is 1.12 bits per heavy atom. The Labute approximate surface area is 113 Å². The third-order valence-electron chi connectivity index (χ3n) is 2.31. The Bertz CT molecular complexity index is 369. The fraction of sp³-hybridized carbons (Fsp3) is 0.462. The van der Waals surface area contributed by atoms with Gasteiger partial charge < -0.3 is 4.90 Å². The zero-order valence-electron chi connectivity index (χ0n) is 10.0. The lowest BCUT2D eigenvalue weighted by Gasteiger charge is -2.27. The lowest BCUT2D eigenvalue weighted by Crippen LogP contribution is -2.33. The van der Waals surface area contributed by atoms with E-state index in [1.807, 2.05) is 26.0 Å². The highest BCUT2D eigenvalue weighted by atomic mass is 35.5. The van der Waals surface area contributed by atoms with Crippen molar-refractivity contribution in [1.29, 1.82) is 5.26 Å². The van der Waals surface area contributed by atoms with Crippen LogP contribution in [0.5, 0.6) is 0 Å². The summed E-state index contributed by atoms with van der Waals surface area (Å²) in [5, 5.41) is 8.87. The summed E-state index contributed by atoms with van der Waals surface area (Å²) in [6, 6.07) is 9.57. The van der Waals surface area contributed by atoms with E-state index in [0.717, 1.165) is 18.8 Å². The van der Waals surface area contributed by atoms with Gasteiger partial charge >= 0.3 is 0 Å². The normalized spacial score (nSPS) is 13.8. The third-order valence-corrected chi connectivity index (χ3v) is 2.58. The Kier molecular flexibility index (Phi) is 5.61. The highest BCUT2D eigenvalue weighted by Gasteiger charge is 2.12. The first-order valence-corrected chi connectivity index (χ1v) is 6.43. The van der Waals surface area contributed by atoms with Gasteiger partial charge in [-0.2, -0.15) is 5.26 Å². The molecule has 0 bridgehead atoms. The highest BCUT2D eigenvalue weighted by Crippen LogP contribution is 2.18. The molecule has 0 saturated heterocycles. The summed E-state index contributed by atoms with van der Waals surface area (Å²) in [5.74, 6) is 0. The number of halogens is 2. The molecule has 0 spiro atoms. The van der Waals surface area contributed by atoms with E-state index in [0.29, 0.717) is 5.56 Å². The first-order chi connectivity index (χ1) is 8.02. The molecule has 0 radical (unpaired) electrons. The molecule has 1 rings (SSSR count). The summed E-state index contributed by atoms with van der Waals surface area (Å²) in [4.78, 5) is 2.14. The molecule has 2 unspecified atom stereocenters. The number of nitrogens with zero attached hydrogens (tertiary/aromatic N) is 2. The molecule has 2 nitrogen and oxygen atoms in total. The van der Waals surface area contributed by atoms with E-state index >= 15 is 0 Å². The minimum absolute atomic E-state index is 0.0565. The SMILES string of the molecule is CC(Cl)CN(CC(C)Cl)c1ccc(C#N)cc1. The second-order valence-corrected chi connectivity index (χ2v) is 5.62. The molecule has 0 heterocycles. The summed E-state index contributed by atoms with van der Waals surface area (Å²) in [7, 11) is 0. The smallest absolute Gasteiger partial charge is 0.0991 e. The molecule has 0 saturated carbocycles. The van der Waals surface area contributed by atoms with Crippen molar-refractivity contribution in [3.05, 3.63) is 29.8 Å². The average Bonchev–Trinajstić information content (AvgIpc) is 2.27. The first-order valence-electron chi connectivity index (χ1n) is 5.56. The van der Waals surface area contributed by atoms with Crippen LogP contribution in [0.25, 0.3) is 0 Å². The largest absolute Gasteiger partial charge is 0.369 e. The minimum Gasteiger partial charge on any atom is -0.369 e. The molecule has 0 aromatic heterocycles. The van der Waals surface area contributed by atoms with Gasteiger partial charge in [0.15, 0.2) is 0 Å². The van der Waals surface area contributed by atoms with Gasteiger partial charge in [0.1, 0.15) is 0 Å². The van der Waals surface area contributed by atoms with Crippen molar-refractivity contribution >= 4 is 28.9 Å². The van der Waals surface area contributed by atoms with Gasteiger partial charge in [-0.3, -0.25) is 0 Å². The number of nitriles is 1. The van der Waals surface area contributed by atoms with Crippen LogP contribution in [0.15, 0.2) is 24.3 Å². The third kappa shape index (κ3) is 4.85. The Morgan fingerprint density at radius 2 is 1.59 bits per heavy atom. The summed E-state index contributed by atoms with van der Waals surface area (Å²) in [6.45, 7) is 5.39. The lowest BCUT2D eigenvalue weighted by atomic mass is 10.2. The number of alkyl halides is 2. The second-order valence-electron chi connectivity index (χ2n) is 4.13. The maximum absolute atomic E-state index is 8.75. The fourth-order valence-electron chi connectivity index (χ4n) is 1.64. The standard InChI is InChI=1S/C13H16Cl2N2/c1-10(14)8-17(9-11(2)15)13-5-3-12(7-16)4-6-13/h3-6,10-11H,8-9H2,1-2H3. The van der Waals surface area contributed by atoms with E-state index in [-0.39, 0.29) is 10.8 Å². The van der Waals surface area contributed by atoms with Crippen LogP contribution in [0.1, 0.15) is 19.4 Å². The maximum Gasteiger partial charge on any atom is 0.0991 e. The van der Waals surface area contributed by atoms with Gasteiger partial charge in [0.25, 0.3) is 0 Å². The average molecular weight is 271 g/mol. The summed E-state index contributed by atoms with van der Waals surface area (Å²) in [5.41, 5.74) is 1.70. The summed E-state index contributed by atoms with van der Waals surface area (Å²) in [6.07, 6.45) is 0. The Hall–Kier alpha value is -0.910. The van der Waals surface area contributed by atoms with E-state index in [9.17, 15) is 0 Å². The predicted octanol–water partition coefficient (Wildman–Crippen LogP) is 3.62. The number of hydrogen-bond acceptors (Lipinski definition) is 2. The van der Waals surface area contributed by atoms with E-state index < -0.39 is 0 Å². The van der Waals surface area contributed by atoms with Crippen molar-refractivity contribution in [3.8, 4) is 6.07 Å².